The average molecular weight is 334 g/mol. The van der Waals surface area contributed by atoms with Gasteiger partial charge < -0.3 is 15.2 Å². The molecule has 0 amide bonds. The van der Waals surface area contributed by atoms with Crippen molar-refractivity contribution in [1.29, 1.82) is 0 Å². The largest absolute Gasteiger partial charge is 0.478 e. The molecule has 6 heteroatoms. The van der Waals surface area contributed by atoms with E-state index < -0.39 is 5.97 Å². The highest BCUT2D eigenvalue weighted by Crippen LogP contribution is 2.22. The van der Waals surface area contributed by atoms with Crippen LogP contribution in [0.2, 0.25) is 0 Å². The zero-order valence-electron chi connectivity index (χ0n) is 10.4. The van der Waals surface area contributed by atoms with Gasteiger partial charge in [0.2, 0.25) is 0 Å². The maximum Gasteiger partial charge on any atom is 0.335 e. The Labute approximate surface area is 125 Å². The van der Waals surface area contributed by atoms with E-state index in [9.17, 15) is 4.79 Å². The molecule has 3 N–H and O–H groups in total. The lowest BCUT2D eigenvalue weighted by molar-refractivity contribution is 0.0697. The highest BCUT2D eigenvalue weighted by atomic mass is 79.9. The number of hydrogen-bond acceptors (Lipinski definition) is 3. The smallest absolute Gasteiger partial charge is 0.335 e. The van der Waals surface area contributed by atoms with Crippen LogP contribution in [0.15, 0.2) is 48.8 Å². The van der Waals surface area contributed by atoms with E-state index >= 15 is 0 Å². The minimum atomic E-state index is -0.954. The first kappa shape index (κ1) is 14.1. The third kappa shape index (κ3) is 2.37. The Balaban J connectivity index is 0.00000147. The van der Waals surface area contributed by atoms with Crippen molar-refractivity contribution in [1.82, 2.24) is 9.38 Å². The topological polar surface area (TPSA) is 80.6 Å². The Kier molecular flexibility index (Phi) is 3.76. The standard InChI is InChI=1S/C14H11N3O2.BrH/c15-11-5-2-6-17-8-12(16-13(11)17)9-3-1-4-10(7-9)14(18)19;/h1-8H,15H2,(H,18,19);1H. The zero-order chi connectivity index (χ0) is 13.4. The quantitative estimate of drug-likeness (QED) is 0.755. The molecular weight excluding hydrogens is 322 g/mol. The Bertz CT molecular complexity index is 783. The number of nitrogens with zero attached hydrogens (tertiary/aromatic N) is 2. The van der Waals surface area contributed by atoms with Crippen LogP contribution in [0, 0.1) is 0 Å². The van der Waals surface area contributed by atoms with Crippen LogP contribution in [-0.2, 0) is 0 Å². The number of anilines is 1. The van der Waals surface area contributed by atoms with E-state index in [0.29, 0.717) is 17.0 Å². The summed E-state index contributed by atoms with van der Waals surface area (Å²) in [4.78, 5) is 15.4. The lowest BCUT2D eigenvalue weighted by atomic mass is 10.1. The molecule has 0 aliphatic rings. The molecule has 0 fully saturated rings. The van der Waals surface area contributed by atoms with Crippen LogP contribution in [-0.4, -0.2) is 20.5 Å². The summed E-state index contributed by atoms with van der Waals surface area (Å²) in [5.74, 6) is -0.954. The number of carboxylic acid groups (broad SMARTS) is 1. The molecule has 20 heavy (non-hydrogen) atoms. The number of nitrogens with two attached hydrogens (primary N) is 1. The maximum absolute atomic E-state index is 11.0. The molecule has 3 aromatic rings. The van der Waals surface area contributed by atoms with Gasteiger partial charge in [0, 0.05) is 18.0 Å². The Morgan fingerprint density at radius 3 is 2.75 bits per heavy atom. The van der Waals surface area contributed by atoms with Gasteiger partial charge >= 0.3 is 5.97 Å². The zero-order valence-corrected chi connectivity index (χ0v) is 12.1. The molecule has 0 saturated carbocycles. The van der Waals surface area contributed by atoms with E-state index in [1.807, 2.05) is 28.9 Å². The summed E-state index contributed by atoms with van der Waals surface area (Å²) in [6.45, 7) is 0. The number of hydrogen-bond donors (Lipinski definition) is 2. The maximum atomic E-state index is 11.0. The van der Waals surface area contributed by atoms with E-state index in [1.165, 1.54) is 0 Å². The van der Waals surface area contributed by atoms with Gasteiger partial charge in [0.25, 0.3) is 0 Å². The predicted molar refractivity (Wildman–Crippen MR) is 82.3 cm³/mol. The van der Waals surface area contributed by atoms with E-state index in [-0.39, 0.29) is 22.5 Å². The number of halogens is 1. The van der Waals surface area contributed by atoms with Gasteiger partial charge in [-0.15, -0.1) is 17.0 Å². The Morgan fingerprint density at radius 1 is 1.25 bits per heavy atom. The SMILES string of the molecule is Br.Nc1cccn2cc(-c3cccc(C(=O)O)c3)nc12. The number of imidazole rings is 1. The molecular formula is C14H12BrN3O2. The van der Waals surface area contributed by atoms with Crippen molar-refractivity contribution >= 4 is 34.3 Å². The van der Waals surface area contributed by atoms with Crippen LogP contribution in [0.4, 0.5) is 5.69 Å². The van der Waals surface area contributed by atoms with Gasteiger partial charge in [-0.1, -0.05) is 12.1 Å². The van der Waals surface area contributed by atoms with Crippen LogP contribution in [0.3, 0.4) is 0 Å². The number of nitrogen functional groups attached to an aromatic ring is 1. The highest BCUT2D eigenvalue weighted by molar-refractivity contribution is 8.93. The number of aromatic carboxylic acids is 1. The first-order chi connectivity index (χ1) is 9.15. The van der Waals surface area contributed by atoms with Crippen molar-refractivity contribution in [2.24, 2.45) is 0 Å². The van der Waals surface area contributed by atoms with Gasteiger partial charge in [0.1, 0.15) is 0 Å². The average Bonchev–Trinajstić information content (AvgIpc) is 2.84. The van der Waals surface area contributed by atoms with Crippen LogP contribution < -0.4 is 5.73 Å². The number of rotatable bonds is 2. The molecule has 0 atom stereocenters. The summed E-state index contributed by atoms with van der Waals surface area (Å²) in [7, 11) is 0. The predicted octanol–water partition coefficient (Wildman–Crippen LogP) is 2.86. The molecule has 5 nitrogen and oxygen atoms in total. The fourth-order valence-electron chi connectivity index (χ4n) is 1.99. The lowest BCUT2D eigenvalue weighted by Crippen LogP contribution is -1.95. The van der Waals surface area contributed by atoms with E-state index in [1.54, 1.807) is 24.3 Å². The van der Waals surface area contributed by atoms with Crippen molar-refractivity contribution in [2.45, 2.75) is 0 Å². The number of benzene rings is 1. The lowest BCUT2D eigenvalue weighted by Gasteiger charge is -1.98. The number of fused-ring (bicyclic) bond motifs is 1. The Hall–Kier alpha value is -2.34. The summed E-state index contributed by atoms with van der Waals surface area (Å²) in [5, 5.41) is 8.99. The van der Waals surface area contributed by atoms with Crippen LogP contribution in [0.25, 0.3) is 16.9 Å². The summed E-state index contributed by atoms with van der Waals surface area (Å²) in [6.07, 6.45) is 3.68. The van der Waals surface area contributed by atoms with Crippen molar-refractivity contribution in [2.75, 3.05) is 5.73 Å². The van der Waals surface area contributed by atoms with Crippen molar-refractivity contribution < 1.29 is 9.90 Å². The minimum Gasteiger partial charge on any atom is -0.478 e. The Morgan fingerprint density at radius 2 is 2.05 bits per heavy atom. The van der Waals surface area contributed by atoms with Gasteiger partial charge in [-0.2, -0.15) is 0 Å². The van der Waals surface area contributed by atoms with Gasteiger partial charge in [-0.05, 0) is 24.3 Å². The van der Waals surface area contributed by atoms with Gasteiger partial charge in [0.05, 0.1) is 16.9 Å². The number of carboxylic acids is 1. The van der Waals surface area contributed by atoms with Crippen molar-refractivity contribution in [3.8, 4) is 11.3 Å². The van der Waals surface area contributed by atoms with E-state index in [4.69, 9.17) is 10.8 Å². The minimum absolute atomic E-state index is 0. The fraction of sp³-hybridized carbons (Fsp3) is 0. The fourth-order valence-corrected chi connectivity index (χ4v) is 1.99. The third-order valence-corrected chi connectivity index (χ3v) is 2.92. The van der Waals surface area contributed by atoms with Crippen molar-refractivity contribution in [3.05, 3.63) is 54.4 Å². The molecule has 0 radical (unpaired) electrons. The molecule has 0 aliphatic heterocycles. The van der Waals surface area contributed by atoms with Crippen molar-refractivity contribution in [3.63, 3.8) is 0 Å². The first-order valence-electron chi connectivity index (χ1n) is 5.72. The highest BCUT2D eigenvalue weighted by Gasteiger charge is 2.09. The van der Waals surface area contributed by atoms with Gasteiger partial charge in [-0.3, -0.25) is 0 Å². The van der Waals surface area contributed by atoms with Crippen LogP contribution >= 0.6 is 17.0 Å². The number of aromatic nitrogens is 2. The van der Waals surface area contributed by atoms with E-state index in [2.05, 4.69) is 4.98 Å². The molecule has 0 saturated heterocycles. The molecule has 102 valence electrons. The second kappa shape index (κ2) is 5.34. The second-order valence-electron chi connectivity index (χ2n) is 4.21. The molecule has 2 aromatic heterocycles. The van der Waals surface area contributed by atoms with E-state index in [0.717, 1.165) is 5.56 Å². The third-order valence-electron chi connectivity index (χ3n) is 2.92. The van der Waals surface area contributed by atoms with Gasteiger partial charge in [0.15, 0.2) is 5.65 Å². The van der Waals surface area contributed by atoms with Crippen LogP contribution in [0.1, 0.15) is 10.4 Å². The molecule has 0 spiro atoms. The summed E-state index contributed by atoms with van der Waals surface area (Å²) in [5.41, 5.74) is 8.79. The number of pyridine rings is 1. The monoisotopic (exact) mass is 333 g/mol. The first-order valence-corrected chi connectivity index (χ1v) is 5.72. The summed E-state index contributed by atoms with van der Waals surface area (Å²) < 4.78 is 1.82. The molecule has 2 heterocycles. The van der Waals surface area contributed by atoms with Crippen LogP contribution in [0.5, 0.6) is 0 Å². The van der Waals surface area contributed by atoms with Gasteiger partial charge in [-0.25, -0.2) is 9.78 Å². The molecule has 0 aliphatic carbocycles. The number of carbonyl (C=O) groups is 1. The molecule has 0 bridgehead atoms. The normalized spacial score (nSPS) is 10.2. The molecule has 1 aromatic carbocycles. The molecule has 3 rings (SSSR count). The molecule has 0 unspecified atom stereocenters. The summed E-state index contributed by atoms with van der Waals surface area (Å²) >= 11 is 0. The summed E-state index contributed by atoms with van der Waals surface area (Å²) in [6, 6.07) is 10.3. The second-order valence-corrected chi connectivity index (χ2v) is 4.21.